The van der Waals surface area contributed by atoms with Crippen molar-refractivity contribution in [1.82, 2.24) is 10.6 Å². The van der Waals surface area contributed by atoms with Gasteiger partial charge in [0, 0.05) is 0 Å². The van der Waals surface area contributed by atoms with E-state index in [9.17, 15) is 35.5 Å². The van der Waals surface area contributed by atoms with Gasteiger partial charge in [-0.3, -0.25) is 4.79 Å². The Bertz CT molecular complexity index is 514. The van der Waals surface area contributed by atoms with Crippen molar-refractivity contribution in [2.24, 2.45) is 0 Å². The molecule has 22 heavy (non-hydrogen) atoms. The third kappa shape index (κ3) is 4.33. The molecular formula is C12H11F7N2O. The van der Waals surface area contributed by atoms with Gasteiger partial charge < -0.3 is 5.32 Å². The van der Waals surface area contributed by atoms with Crippen LogP contribution < -0.4 is 10.6 Å². The molecule has 1 aromatic carbocycles. The Hall–Kier alpha value is -1.84. The third-order valence-electron chi connectivity index (χ3n) is 2.66. The van der Waals surface area contributed by atoms with Crippen LogP contribution in [0.4, 0.5) is 30.7 Å². The largest absolute Gasteiger partial charge is 0.460 e. The van der Waals surface area contributed by atoms with Gasteiger partial charge >= 0.3 is 18.3 Å². The molecule has 0 aliphatic heterocycles. The molecule has 124 valence electrons. The summed E-state index contributed by atoms with van der Waals surface area (Å²) < 4.78 is 87.5. The number of carbonyl (C=O) groups excluding carboxylic acids is 1. The molecule has 3 nitrogen and oxygen atoms in total. The first-order valence-corrected chi connectivity index (χ1v) is 5.84. The van der Waals surface area contributed by atoms with Gasteiger partial charge in [-0.15, -0.1) is 0 Å². The highest BCUT2D eigenvalue weighted by atomic mass is 19.4. The topological polar surface area (TPSA) is 41.1 Å². The molecule has 0 saturated carbocycles. The van der Waals surface area contributed by atoms with E-state index in [4.69, 9.17) is 0 Å². The fourth-order valence-corrected chi connectivity index (χ4v) is 1.57. The van der Waals surface area contributed by atoms with Crippen LogP contribution in [0.25, 0.3) is 0 Å². The van der Waals surface area contributed by atoms with Crippen LogP contribution in [-0.2, 0) is 4.79 Å². The Morgan fingerprint density at radius 2 is 1.50 bits per heavy atom. The van der Waals surface area contributed by atoms with E-state index in [0.717, 1.165) is 0 Å². The predicted molar refractivity (Wildman–Crippen MR) is 62.1 cm³/mol. The van der Waals surface area contributed by atoms with Gasteiger partial charge in [-0.1, -0.05) is 30.3 Å². The van der Waals surface area contributed by atoms with E-state index in [1.807, 2.05) is 0 Å². The van der Waals surface area contributed by atoms with E-state index in [2.05, 4.69) is 0 Å². The number of carbonyl (C=O) groups is 1. The minimum atomic E-state index is -6.09. The van der Waals surface area contributed by atoms with Crippen LogP contribution in [0, 0.1) is 0 Å². The van der Waals surface area contributed by atoms with E-state index >= 15 is 0 Å². The first-order valence-electron chi connectivity index (χ1n) is 5.84. The van der Waals surface area contributed by atoms with E-state index < -0.39 is 30.2 Å². The second-order valence-corrected chi connectivity index (χ2v) is 4.38. The molecule has 0 bridgehead atoms. The minimum Gasteiger partial charge on any atom is -0.345 e. The van der Waals surface area contributed by atoms with Gasteiger partial charge in [0.05, 0.1) is 6.04 Å². The molecule has 1 amide bonds. The molecular weight excluding hydrogens is 321 g/mol. The molecule has 0 radical (unpaired) electrons. The highest BCUT2D eigenvalue weighted by molar-refractivity contribution is 5.86. The Kier molecular flexibility index (Phi) is 5.06. The highest BCUT2D eigenvalue weighted by Gasteiger charge is 2.66. The van der Waals surface area contributed by atoms with E-state index in [-0.39, 0.29) is 5.32 Å². The maximum atomic E-state index is 13.7. The summed E-state index contributed by atoms with van der Waals surface area (Å²) in [5.74, 6) is -7.76. The Labute approximate surface area is 120 Å². The highest BCUT2D eigenvalue weighted by Crippen LogP contribution is 2.35. The standard InChI is InChI=1S/C12H11F7N2O/c1-7(8-5-3-2-4-6-8)20-9(22)10(13,11(14,15)16)21-12(17,18)19/h2-7,21H,1H3,(H,20,22)/t7-,10+/m0/s1. The number of hydrogen-bond acceptors (Lipinski definition) is 2. The van der Waals surface area contributed by atoms with Crippen molar-refractivity contribution >= 4 is 5.91 Å². The molecule has 0 aliphatic carbocycles. The molecule has 1 rings (SSSR count). The first kappa shape index (κ1) is 18.2. The number of benzene rings is 1. The van der Waals surface area contributed by atoms with Crippen molar-refractivity contribution in [1.29, 1.82) is 0 Å². The lowest BCUT2D eigenvalue weighted by Crippen LogP contribution is -2.66. The van der Waals surface area contributed by atoms with Crippen LogP contribution >= 0.6 is 0 Å². The average molecular weight is 332 g/mol. The number of rotatable bonds is 4. The predicted octanol–water partition coefficient (Wildman–Crippen LogP) is 3.20. The van der Waals surface area contributed by atoms with Crippen molar-refractivity contribution < 1.29 is 35.5 Å². The zero-order valence-electron chi connectivity index (χ0n) is 11.0. The van der Waals surface area contributed by atoms with Crippen LogP contribution in [0.3, 0.4) is 0 Å². The molecule has 10 heteroatoms. The summed E-state index contributed by atoms with van der Waals surface area (Å²) in [6, 6.07) is 6.28. The summed E-state index contributed by atoms with van der Waals surface area (Å²) in [5.41, 5.74) is 0.299. The Morgan fingerprint density at radius 3 is 1.91 bits per heavy atom. The fourth-order valence-electron chi connectivity index (χ4n) is 1.57. The second-order valence-electron chi connectivity index (χ2n) is 4.38. The number of halogens is 7. The quantitative estimate of drug-likeness (QED) is 0.657. The van der Waals surface area contributed by atoms with Gasteiger partial charge in [0.1, 0.15) is 0 Å². The van der Waals surface area contributed by atoms with Crippen LogP contribution in [0.5, 0.6) is 0 Å². The smallest absolute Gasteiger partial charge is 0.345 e. The van der Waals surface area contributed by atoms with Crippen molar-refractivity contribution in [3.63, 3.8) is 0 Å². The fraction of sp³-hybridized carbons (Fsp3) is 0.417. The van der Waals surface area contributed by atoms with Gasteiger partial charge in [-0.25, -0.2) is 4.39 Å². The molecule has 0 aliphatic rings. The van der Waals surface area contributed by atoms with Gasteiger partial charge in [0.25, 0.3) is 5.91 Å². The molecule has 1 aromatic rings. The number of amides is 1. The average Bonchev–Trinajstić information content (AvgIpc) is 2.36. The third-order valence-corrected chi connectivity index (χ3v) is 2.66. The van der Waals surface area contributed by atoms with Crippen molar-refractivity contribution in [2.45, 2.75) is 31.2 Å². The normalized spacial score (nSPS) is 16.7. The SMILES string of the molecule is C[C@H](NC(=O)[C@@](F)(NC(F)(F)F)C(F)(F)F)c1ccccc1. The first-order chi connectivity index (χ1) is 9.87. The molecule has 2 atom stereocenters. The van der Waals surface area contributed by atoms with E-state index in [1.165, 1.54) is 31.2 Å². The van der Waals surface area contributed by atoms with Gasteiger partial charge in [-0.2, -0.15) is 31.7 Å². The summed E-state index contributed by atoms with van der Waals surface area (Å²) in [5, 5.41) is 1.29. The summed E-state index contributed by atoms with van der Waals surface area (Å²) in [4.78, 5) is 11.4. The van der Waals surface area contributed by atoms with Crippen LogP contribution in [-0.4, -0.2) is 24.2 Å². The molecule has 2 N–H and O–H groups in total. The van der Waals surface area contributed by atoms with Crippen molar-refractivity contribution in [3.05, 3.63) is 35.9 Å². The van der Waals surface area contributed by atoms with Gasteiger partial charge in [-0.05, 0) is 12.5 Å². The maximum absolute atomic E-state index is 13.7. The minimum absolute atomic E-state index is 0.275. The molecule has 0 saturated heterocycles. The summed E-state index contributed by atoms with van der Waals surface area (Å²) in [6.07, 6.45) is -11.8. The molecule has 0 aromatic heterocycles. The molecule has 0 heterocycles. The zero-order chi connectivity index (χ0) is 17.2. The number of nitrogens with one attached hydrogen (secondary N) is 2. The lowest BCUT2D eigenvalue weighted by Gasteiger charge is -2.29. The maximum Gasteiger partial charge on any atom is 0.460 e. The van der Waals surface area contributed by atoms with E-state index in [1.54, 1.807) is 11.4 Å². The lowest BCUT2D eigenvalue weighted by molar-refractivity contribution is -0.279. The zero-order valence-corrected chi connectivity index (χ0v) is 11.0. The summed E-state index contributed by atoms with van der Waals surface area (Å²) >= 11 is 0. The molecule has 0 unspecified atom stereocenters. The summed E-state index contributed by atoms with van der Waals surface area (Å²) in [7, 11) is 0. The molecule has 0 fully saturated rings. The van der Waals surface area contributed by atoms with E-state index in [0.29, 0.717) is 5.56 Å². The van der Waals surface area contributed by atoms with Crippen molar-refractivity contribution in [2.75, 3.05) is 0 Å². The number of alkyl halides is 7. The van der Waals surface area contributed by atoms with Gasteiger partial charge in [0.15, 0.2) is 0 Å². The van der Waals surface area contributed by atoms with Crippen molar-refractivity contribution in [3.8, 4) is 0 Å². The van der Waals surface area contributed by atoms with Crippen LogP contribution in [0.1, 0.15) is 18.5 Å². The van der Waals surface area contributed by atoms with Gasteiger partial charge in [0.2, 0.25) is 0 Å². The Balaban J connectivity index is 2.99. The Morgan fingerprint density at radius 1 is 1.00 bits per heavy atom. The van der Waals surface area contributed by atoms with Crippen LogP contribution in [0.2, 0.25) is 0 Å². The summed E-state index contributed by atoms with van der Waals surface area (Å²) in [6.45, 7) is 1.21. The monoisotopic (exact) mass is 332 g/mol. The lowest BCUT2D eigenvalue weighted by atomic mass is 10.1. The second kappa shape index (κ2) is 6.11. The van der Waals surface area contributed by atoms with Crippen LogP contribution in [0.15, 0.2) is 30.3 Å². The molecule has 0 spiro atoms. The number of hydrogen-bond donors (Lipinski definition) is 2.